The highest BCUT2D eigenvalue weighted by molar-refractivity contribution is 5.52. The number of aromatic nitrogens is 2. The Labute approximate surface area is 96.5 Å². The zero-order valence-corrected chi connectivity index (χ0v) is 10.5. The highest BCUT2D eigenvalue weighted by atomic mass is 16.5. The maximum atomic E-state index is 5.87. The predicted molar refractivity (Wildman–Crippen MR) is 63.6 cm³/mol. The number of rotatable bonds is 6. The second kappa shape index (κ2) is 5.75. The van der Waals surface area contributed by atoms with Crippen LogP contribution in [0.25, 0.3) is 0 Å². The van der Waals surface area contributed by atoms with E-state index >= 15 is 0 Å². The van der Waals surface area contributed by atoms with Crippen LogP contribution in [0.3, 0.4) is 0 Å². The Morgan fingerprint density at radius 3 is 2.62 bits per heavy atom. The van der Waals surface area contributed by atoms with Crippen molar-refractivity contribution in [3.8, 4) is 5.88 Å². The molecular formula is C11H21N3O2. The molecule has 0 aliphatic heterocycles. The third-order valence-corrected chi connectivity index (χ3v) is 2.20. The van der Waals surface area contributed by atoms with E-state index in [1.165, 1.54) is 0 Å². The van der Waals surface area contributed by atoms with Crippen molar-refractivity contribution in [2.24, 2.45) is 0 Å². The number of hydrogen-bond acceptors (Lipinski definition) is 4. The normalized spacial score (nSPS) is 11.1. The Hall–Kier alpha value is -1.23. The third-order valence-electron chi connectivity index (χ3n) is 2.20. The monoisotopic (exact) mass is 227 g/mol. The summed E-state index contributed by atoms with van der Waals surface area (Å²) in [5, 5.41) is 4.27. The van der Waals surface area contributed by atoms with Crippen molar-refractivity contribution in [1.29, 1.82) is 0 Å². The molecule has 5 heteroatoms. The van der Waals surface area contributed by atoms with Gasteiger partial charge in [0.1, 0.15) is 12.3 Å². The lowest BCUT2D eigenvalue weighted by molar-refractivity contribution is 0.0533. The fraction of sp³-hybridized carbons (Fsp3) is 0.727. The number of hydrogen-bond donors (Lipinski definition) is 1. The molecule has 0 radical (unpaired) electrons. The van der Waals surface area contributed by atoms with Gasteiger partial charge < -0.3 is 15.2 Å². The molecule has 2 N–H and O–H groups in total. The zero-order valence-electron chi connectivity index (χ0n) is 10.5. The fourth-order valence-corrected chi connectivity index (χ4v) is 1.36. The summed E-state index contributed by atoms with van der Waals surface area (Å²) in [6.07, 6.45) is 0.221. The molecule has 16 heavy (non-hydrogen) atoms. The van der Waals surface area contributed by atoms with Crippen molar-refractivity contribution in [2.45, 2.75) is 40.3 Å². The molecule has 92 valence electrons. The van der Waals surface area contributed by atoms with Crippen molar-refractivity contribution in [3.63, 3.8) is 0 Å². The van der Waals surface area contributed by atoms with Crippen molar-refractivity contribution in [1.82, 2.24) is 9.78 Å². The topological polar surface area (TPSA) is 62.3 Å². The van der Waals surface area contributed by atoms with Gasteiger partial charge in [0.05, 0.1) is 18.4 Å². The first-order valence-electron chi connectivity index (χ1n) is 5.63. The molecule has 0 aromatic carbocycles. The molecule has 0 aliphatic carbocycles. The van der Waals surface area contributed by atoms with Gasteiger partial charge in [-0.05, 0) is 27.7 Å². The van der Waals surface area contributed by atoms with E-state index in [0.717, 1.165) is 12.2 Å². The van der Waals surface area contributed by atoms with Crippen LogP contribution in [-0.2, 0) is 11.3 Å². The summed E-state index contributed by atoms with van der Waals surface area (Å²) in [7, 11) is 0. The molecule has 1 aromatic rings. The van der Waals surface area contributed by atoms with Gasteiger partial charge in [-0.2, -0.15) is 5.10 Å². The van der Waals surface area contributed by atoms with Crippen LogP contribution in [0.4, 0.5) is 5.69 Å². The van der Waals surface area contributed by atoms with Crippen LogP contribution in [0.2, 0.25) is 0 Å². The highest BCUT2D eigenvalue weighted by Crippen LogP contribution is 2.24. The Morgan fingerprint density at radius 1 is 1.38 bits per heavy atom. The van der Waals surface area contributed by atoms with Gasteiger partial charge in [0.25, 0.3) is 0 Å². The standard InChI is InChI=1S/C11H21N3O2/c1-5-14-11(10(12)9(4)13-14)16-7-6-15-8(2)3/h8H,5-7,12H2,1-4H3. The van der Waals surface area contributed by atoms with Gasteiger partial charge in [0.15, 0.2) is 0 Å². The molecule has 1 heterocycles. The van der Waals surface area contributed by atoms with Gasteiger partial charge in [0, 0.05) is 6.54 Å². The summed E-state index contributed by atoms with van der Waals surface area (Å²) in [4.78, 5) is 0. The number of aryl methyl sites for hydroxylation is 2. The molecule has 0 fully saturated rings. The van der Waals surface area contributed by atoms with Crippen molar-refractivity contribution < 1.29 is 9.47 Å². The van der Waals surface area contributed by atoms with E-state index in [4.69, 9.17) is 15.2 Å². The van der Waals surface area contributed by atoms with E-state index in [2.05, 4.69) is 5.10 Å². The average Bonchev–Trinajstić information content (AvgIpc) is 2.50. The minimum Gasteiger partial charge on any atom is -0.474 e. The van der Waals surface area contributed by atoms with Crippen molar-refractivity contribution in [3.05, 3.63) is 5.69 Å². The highest BCUT2D eigenvalue weighted by Gasteiger charge is 2.12. The predicted octanol–water partition coefficient (Wildman–Crippen LogP) is 1.60. The minimum atomic E-state index is 0.221. The maximum absolute atomic E-state index is 5.87. The smallest absolute Gasteiger partial charge is 0.236 e. The fourth-order valence-electron chi connectivity index (χ4n) is 1.36. The van der Waals surface area contributed by atoms with Gasteiger partial charge >= 0.3 is 0 Å². The van der Waals surface area contributed by atoms with Crippen LogP contribution in [0.5, 0.6) is 5.88 Å². The maximum Gasteiger partial charge on any atom is 0.236 e. The Morgan fingerprint density at radius 2 is 2.06 bits per heavy atom. The molecule has 0 atom stereocenters. The number of nitrogens with zero attached hydrogens (tertiary/aromatic N) is 2. The number of ether oxygens (including phenoxy) is 2. The van der Waals surface area contributed by atoms with Crippen LogP contribution in [0, 0.1) is 6.92 Å². The molecule has 1 aromatic heterocycles. The summed E-state index contributed by atoms with van der Waals surface area (Å²) in [6, 6.07) is 0. The van der Waals surface area contributed by atoms with Crippen molar-refractivity contribution >= 4 is 5.69 Å². The first-order valence-corrected chi connectivity index (χ1v) is 5.63. The Kier molecular flexibility index (Phi) is 4.61. The van der Waals surface area contributed by atoms with Gasteiger partial charge in [-0.15, -0.1) is 0 Å². The molecule has 0 bridgehead atoms. The van der Waals surface area contributed by atoms with Crippen molar-refractivity contribution in [2.75, 3.05) is 18.9 Å². The van der Waals surface area contributed by atoms with Crippen LogP contribution in [0.15, 0.2) is 0 Å². The van der Waals surface area contributed by atoms with Gasteiger partial charge in [-0.3, -0.25) is 0 Å². The Bertz CT molecular complexity index is 334. The Balaban J connectivity index is 2.52. The lowest BCUT2D eigenvalue weighted by atomic mass is 10.4. The quantitative estimate of drug-likeness (QED) is 0.750. The summed E-state index contributed by atoms with van der Waals surface area (Å²) in [5.41, 5.74) is 7.30. The average molecular weight is 227 g/mol. The van der Waals surface area contributed by atoms with E-state index in [9.17, 15) is 0 Å². The molecule has 0 unspecified atom stereocenters. The van der Waals surface area contributed by atoms with Crippen LogP contribution in [0.1, 0.15) is 26.5 Å². The van der Waals surface area contributed by atoms with E-state index in [0.29, 0.717) is 24.8 Å². The van der Waals surface area contributed by atoms with Crippen LogP contribution < -0.4 is 10.5 Å². The molecule has 5 nitrogen and oxygen atoms in total. The molecule has 1 rings (SSSR count). The second-order valence-corrected chi connectivity index (χ2v) is 3.89. The summed E-state index contributed by atoms with van der Waals surface area (Å²) < 4.78 is 12.7. The SMILES string of the molecule is CCn1nc(C)c(N)c1OCCOC(C)C. The van der Waals surface area contributed by atoms with E-state index in [1.807, 2.05) is 27.7 Å². The van der Waals surface area contributed by atoms with Crippen LogP contribution >= 0.6 is 0 Å². The first-order chi connectivity index (χ1) is 7.56. The lowest BCUT2D eigenvalue weighted by Crippen LogP contribution is -2.13. The zero-order chi connectivity index (χ0) is 12.1. The molecule has 0 amide bonds. The lowest BCUT2D eigenvalue weighted by Gasteiger charge is -2.10. The first kappa shape index (κ1) is 12.8. The van der Waals surface area contributed by atoms with E-state index in [1.54, 1.807) is 4.68 Å². The molecule has 0 saturated carbocycles. The summed E-state index contributed by atoms with van der Waals surface area (Å²) in [5.74, 6) is 0.646. The summed E-state index contributed by atoms with van der Waals surface area (Å²) in [6.45, 7) is 9.67. The number of anilines is 1. The molecule has 0 saturated heterocycles. The number of nitrogens with two attached hydrogens (primary N) is 1. The van der Waals surface area contributed by atoms with E-state index in [-0.39, 0.29) is 6.10 Å². The third kappa shape index (κ3) is 3.13. The van der Waals surface area contributed by atoms with E-state index < -0.39 is 0 Å². The van der Waals surface area contributed by atoms with Gasteiger partial charge in [-0.1, -0.05) is 0 Å². The largest absolute Gasteiger partial charge is 0.474 e. The summed E-state index contributed by atoms with van der Waals surface area (Å²) >= 11 is 0. The minimum absolute atomic E-state index is 0.221. The molecule has 0 spiro atoms. The molecular weight excluding hydrogens is 206 g/mol. The van der Waals surface area contributed by atoms with Gasteiger partial charge in [0.2, 0.25) is 5.88 Å². The van der Waals surface area contributed by atoms with Gasteiger partial charge in [-0.25, -0.2) is 4.68 Å². The second-order valence-electron chi connectivity index (χ2n) is 3.89. The number of nitrogen functional groups attached to an aromatic ring is 1. The van der Waals surface area contributed by atoms with Crippen LogP contribution in [-0.4, -0.2) is 29.1 Å². The molecule has 0 aliphatic rings.